The van der Waals surface area contributed by atoms with Crippen LogP contribution in [0.1, 0.15) is 41.5 Å². The van der Waals surface area contributed by atoms with Crippen LogP contribution in [0.25, 0.3) is 0 Å². The van der Waals surface area contributed by atoms with Gasteiger partial charge in [-0.15, -0.1) is 0 Å². The molecule has 2 heterocycles. The number of amides is 1. The molecule has 126 valence electrons. The Morgan fingerprint density at radius 3 is 2.83 bits per heavy atom. The van der Waals surface area contributed by atoms with Crippen molar-refractivity contribution in [2.45, 2.75) is 39.2 Å². The highest BCUT2D eigenvalue weighted by Gasteiger charge is 2.32. The Hall–Kier alpha value is -2.50. The van der Waals surface area contributed by atoms with E-state index in [2.05, 4.69) is 9.97 Å². The number of H-pyrrole nitrogens is 1. The van der Waals surface area contributed by atoms with Crippen LogP contribution in [0, 0.1) is 19.7 Å². The van der Waals surface area contributed by atoms with Gasteiger partial charge in [0.05, 0.1) is 12.5 Å². The zero-order valence-electron chi connectivity index (χ0n) is 13.8. The zero-order chi connectivity index (χ0) is 17.3. The maximum Gasteiger partial charge on any atom is 0.254 e. The second-order valence-corrected chi connectivity index (χ2v) is 6.17. The van der Waals surface area contributed by atoms with Crippen molar-refractivity contribution >= 4 is 5.91 Å². The normalized spacial score (nSPS) is 17.3. The molecule has 1 N–H and O–H groups in total. The van der Waals surface area contributed by atoms with Crippen LogP contribution in [0.5, 0.6) is 0 Å². The quantitative estimate of drug-likeness (QED) is 0.940. The number of nitrogens with one attached hydrogen (secondary N) is 1. The Morgan fingerprint density at radius 1 is 1.38 bits per heavy atom. The lowest BCUT2D eigenvalue weighted by Crippen LogP contribution is -2.34. The fraction of sp³-hybridized carbons (Fsp3) is 0.389. The van der Waals surface area contributed by atoms with E-state index < -0.39 is 0 Å². The van der Waals surface area contributed by atoms with E-state index in [4.69, 9.17) is 0 Å². The molecule has 1 aliphatic rings. The van der Waals surface area contributed by atoms with Gasteiger partial charge in [-0.3, -0.25) is 9.59 Å². The summed E-state index contributed by atoms with van der Waals surface area (Å²) in [7, 11) is 0. The Kier molecular flexibility index (Phi) is 4.46. The number of carbonyl (C=O) groups is 1. The summed E-state index contributed by atoms with van der Waals surface area (Å²) < 4.78 is 13.8. The van der Waals surface area contributed by atoms with Crippen molar-refractivity contribution in [3.63, 3.8) is 0 Å². The van der Waals surface area contributed by atoms with E-state index >= 15 is 0 Å². The van der Waals surface area contributed by atoms with Gasteiger partial charge in [-0.25, -0.2) is 9.37 Å². The number of aromatic nitrogens is 2. The average molecular weight is 329 g/mol. The number of hydrogen-bond donors (Lipinski definition) is 1. The van der Waals surface area contributed by atoms with Gasteiger partial charge < -0.3 is 9.88 Å². The van der Waals surface area contributed by atoms with Crippen molar-refractivity contribution < 1.29 is 9.18 Å². The lowest BCUT2D eigenvalue weighted by Gasteiger charge is -2.24. The molecule has 1 saturated heterocycles. The minimum atomic E-state index is -0.376. The van der Waals surface area contributed by atoms with E-state index in [1.807, 2.05) is 0 Å². The average Bonchev–Trinajstić information content (AvgIpc) is 3.04. The molecule has 0 saturated carbocycles. The van der Waals surface area contributed by atoms with Gasteiger partial charge in [-0.05, 0) is 38.3 Å². The summed E-state index contributed by atoms with van der Waals surface area (Å²) in [6.45, 7) is 4.10. The highest BCUT2D eigenvalue weighted by atomic mass is 19.1. The number of hydrogen-bond acceptors (Lipinski definition) is 3. The predicted octanol–water partition coefficient (Wildman–Crippen LogP) is 2.43. The summed E-state index contributed by atoms with van der Waals surface area (Å²) in [5, 5.41) is 0. The summed E-state index contributed by atoms with van der Waals surface area (Å²) in [4.78, 5) is 33.5. The van der Waals surface area contributed by atoms with E-state index in [0.717, 1.165) is 12.8 Å². The van der Waals surface area contributed by atoms with E-state index in [-0.39, 0.29) is 29.7 Å². The standard InChI is InChI=1S/C18H20FN3O2/c1-11-12(2)20-17(21-18(11)24)15-8-5-9-22(15)16(23)10-13-6-3-4-7-14(13)19/h3-4,6-7,15H,5,8-10H2,1-2H3,(H,20,21,24). The molecule has 0 spiro atoms. The van der Waals surface area contributed by atoms with Crippen molar-refractivity contribution in [2.75, 3.05) is 6.54 Å². The van der Waals surface area contributed by atoms with Crippen LogP contribution >= 0.6 is 0 Å². The first kappa shape index (κ1) is 16.4. The van der Waals surface area contributed by atoms with Gasteiger partial charge >= 0.3 is 0 Å². The first-order valence-corrected chi connectivity index (χ1v) is 8.07. The molecule has 0 bridgehead atoms. The van der Waals surface area contributed by atoms with E-state index in [1.165, 1.54) is 6.07 Å². The van der Waals surface area contributed by atoms with Gasteiger partial charge in [0.25, 0.3) is 5.56 Å². The molecule has 5 nitrogen and oxygen atoms in total. The highest BCUT2D eigenvalue weighted by molar-refractivity contribution is 5.79. The Balaban J connectivity index is 1.84. The van der Waals surface area contributed by atoms with Gasteiger partial charge in [0.2, 0.25) is 5.91 Å². The van der Waals surface area contributed by atoms with Gasteiger partial charge in [0.15, 0.2) is 0 Å². The Bertz CT molecular complexity index is 831. The second kappa shape index (κ2) is 6.55. The SMILES string of the molecule is Cc1nc(C2CCCN2C(=O)Cc2ccccc2F)[nH]c(=O)c1C. The van der Waals surface area contributed by atoms with Crippen LogP contribution in [0.3, 0.4) is 0 Å². The van der Waals surface area contributed by atoms with Crippen molar-refractivity contribution in [2.24, 2.45) is 0 Å². The molecule has 1 amide bonds. The molecule has 1 unspecified atom stereocenters. The van der Waals surface area contributed by atoms with Gasteiger partial charge in [-0.2, -0.15) is 0 Å². The van der Waals surface area contributed by atoms with E-state index in [9.17, 15) is 14.0 Å². The molecule has 1 atom stereocenters. The molecular formula is C18H20FN3O2. The molecule has 3 rings (SSSR count). The molecule has 1 aromatic heterocycles. The smallest absolute Gasteiger partial charge is 0.254 e. The monoisotopic (exact) mass is 329 g/mol. The summed E-state index contributed by atoms with van der Waals surface area (Å²) in [5.74, 6) is -0.00901. The van der Waals surface area contributed by atoms with Crippen LogP contribution in [0.2, 0.25) is 0 Å². The van der Waals surface area contributed by atoms with Crippen molar-refractivity contribution in [1.29, 1.82) is 0 Å². The van der Waals surface area contributed by atoms with Crippen molar-refractivity contribution in [1.82, 2.24) is 14.9 Å². The Morgan fingerprint density at radius 2 is 2.12 bits per heavy atom. The summed E-state index contributed by atoms with van der Waals surface area (Å²) in [5.41, 5.74) is 1.46. The number of halogens is 1. The first-order chi connectivity index (χ1) is 11.5. The van der Waals surface area contributed by atoms with Crippen LogP contribution in [-0.2, 0) is 11.2 Å². The molecule has 2 aromatic rings. The minimum Gasteiger partial charge on any atom is -0.332 e. The van der Waals surface area contributed by atoms with Gasteiger partial charge in [0, 0.05) is 17.8 Å². The zero-order valence-corrected chi connectivity index (χ0v) is 13.8. The number of carbonyl (C=O) groups excluding carboxylic acids is 1. The summed E-state index contributed by atoms with van der Waals surface area (Å²) in [6.07, 6.45) is 1.59. The van der Waals surface area contributed by atoms with Crippen LogP contribution in [0.15, 0.2) is 29.1 Å². The highest BCUT2D eigenvalue weighted by Crippen LogP contribution is 2.30. The lowest BCUT2D eigenvalue weighted by molar-refractivity contribution is -0.131. The molecule has 1 aliphatic heterocycles. The third-order valence-electron chi connectivity index (χ3n) is 4.60. The third-order valence-corrected chi connectivity index (χ3v) is 4.60. The van der Waals surface area contributed by atoms with Crippen molar-refractivity contribution in [3.8, 4) is 0 Å². The summed E-state index contributed by atoms with van der Waals surface area (Å²) >= 11 is 0. The fourth-order valence-electron chi connectivity index (χ4n) is 3.08. The second-order valence-electron chi connectivity index (χ2n) is 6.17. The molecule has 0 radical (unpaired) electrons. The molecule has 6 heteroatoms. The maximum atomic E-state index is 13.8. The molecule has 1 aromatic carbocycles. The lowest BCUT2D eigenvalue weighted by atomic mass is 10.1. The summed E-state index contributed by atoms with van der Waals surface area (Å²) in [6, 6.07) is 6.04. The van der Waals surface area contributed by atoms with Crippen LogP contribution in [-0.4, -0.2) is 27.3 Å². The predicted molar refractivity (Wildman–Crippen MR) is 88.1 cm³/mol. The van der Waals surface area contributed by atoms with Gasteiger partial charge in [-0.1, -0.05) is 18.2 Å². The first-order valence-electron chi connectivity index (χ1n) is 8.07. The molecule has 24 heavy (non-hydrogen) atoms. The molecular weight excluding hydrogens is 309 g/mol. The Labute approximate surface area is 139 Å². The molecule has 1 fully saturated rings. The molecule has 0 aliphatic carbocycles. The largest absolute Gasteiger partial charge is 0.332 e. The number of benzene rings is 1. The van der Waals surface area contributed by atoms with Crippen LogP contribution < -0.4 is 5.56 Å². The van der Waals surface area contributed by atoms with E-state index in [0.29, 0.717) is 29.2 Å². The fourth-order valence-corrected chi connectivity index (χ4v) is 3.08. The number of aromatic amines is 1. The maximum absolute atomic E-state index is 13.8. The minimum absolute atomic E-state index is 0.0122. The number of likely N-dealkylation sites (tertiary alicyclic amines) is 1. The number of nitrogens with zero attached hydrogens (tertiary/aromatic N) is 2. The number of rotatable bonds is 3. The third kappa shape index (κ3) is 3.09. The van der Waals surface area contributed by atoms with Crippen LogP contribution in [0.4, 0.5) is 4.39 Å². The number of aryl methyl sites for hydroxylation is 1. The topological polar surface area (TPSA) is 66.1 Å². The van der Waals surface area contributed by atoms with Crippen molar-refractivity contribution in [3.05, 3.63) is 63.1 Å². The van der Waals surface area contributed by atoms with E-state index in [1.54, 1.807) is 36.9 Å². The van der Waals surface area contributed by atoms with Gasteiger partial charge in [0.1, 0.15) is 11.6 Å².